The Hall–Kier alpha value is -3.23. The van der Waals surface area contributed by atoms with E-state index in [1.807, 2.05) is 55.3 Å². The average molecular weight is 454 g/mol. The molecule has 0 aliphatic heterocycles. The van der Waals surface area contributed by atoms with Gasteiger partial charge in [-0.25, -0.2) is 4.98 Å². The number of hydrogen-bond donors (Lipinski definition) is 1. The van der Waals surface area contributed by atoms with E-state index in [1.165, 1.54) is 22.2 Å². The molecule has 0 aliphatic carbocycles. The van der Waals surface area contributed by atoms with Gasteiger partial charge in [0, 0.05) is 24.3 Å². The molecule has 2 heterocycles. The maximum Gasteiger partial charge on any atom is 0.273 e. The SMILES string of the molecule is Cc1ccc(NC(=O)Cn2cnc3nc(N(C)Cc4ccccc4)sc3c2=O)cc1Cl. The van der Waals surface area contributed by atoms with E-state index < -0.39 is 0 Å². The molecule has 2 aromatic heterocycles. The molecule has 0 fully saturated rings. The van der Waals surface area contributed by atoms with Gasteiger partial charge in [-0.3, -0.25) is 14.2 Å². The Balaban J connectivity index is 1.51. The zero-order chi connectivity index (χ0) is 22.0. The molecule has 2 aromatic carbocycles. The van der Waals surface area contributed by atoms with Crippen molar-refractivity contribution >= 4 is 50.0 Å². The summed E-state index contributed by atoms with van der Waals surface area (Å²) in [6, 6.07) is 15.3. The molecule has 4 rings (SSSR count). The first kappa shape index (κ1) is 21.0. The van der Waals surface area contributed by atoms with Crippen LogP contribution in [0.15, 0.2) is 59.7 Å². The normalized spacial score (nSPS) is 10.9. The van der Waals surface area contributed by atoms with Crippen LogP contribution in [-0.4, -0.2) is 27.5 Å². The van der Waals surface area contributed by atoms with Gasteiger partial charge in [0.05, 0.1) is 0 Å². The number of nitrogens with zero attached hydrogens (tertiary/aromatic N) is 4. The fourth-order valence-electron chi connectivity index (χ4n) is 3.06. The van der Waals surface area contributed by atoms with E-state index in [0.717, 1.165) is 11.1 Å². The number of aryl methyl sites for hydroxylation is 1. The first-order chi connectivity index (χ1) is 14.9. The highest BCUT2D eigenvalue weighted by Gasteiger charge is 2.15. The minimum absolute atomic E-state index is 0.152. The quantitative estimate of drug-likeness (QED) is 0.475. The van der Waals surface area contributed by atoms with Crippen LogP contribution in [0, 0.1) is 6.92 Å². The smallest absolute Gasteiger partial charge is 0.273 e. The molecule has 0 atom stereocenters. The number of aromatic nitrogens is 3. The van der Waals surface area contributed by atoms with Crippen molar-refractivity contribution in [2.45, 2.75) is 20.0 Å². The Kier molecular flexibility index (Phi) is 6.01. The van der Waals surface area contributed by atoms with Crippen molar-refractivity contribution in [3.05, 3.63) is 81.4 Å². The largest absolute Gasteiger partial charge is 0.347 e. The number of rotatable bonds is 6. The number of carbonyl (C=O) groups excluding carboxylic acids is 1. The summed E-state index contributed by atoms with van der Waals surface area (Å²) >= 11 is 7.37. The Morgan fingerprint density at radius 3 is 2.74 bits per heavy atom. The van der Waals surface area contributed by atoms with Crippen molar-refractivity contribution in [3.8, 4) is 0 Å². The lowest BCUT2D eigenvalue weighted by Crippen LogP contribution is -2.27. The number of anilines is 2. The van der Waals surface area contributed by atoms with Crippen LogP contribution >= 0.6 is 22.9 Å². The van der Waals surface area contributed by atoms with E-state index in [4.69, 9.17) is 11.6 Å². The molecule has 0 unspecified atom stereocenters. The monoisotopic (exact) mass is 453 g/mol. The standard InChI is InChI=1S/C22H20ClN5O2S/c1-14-8-9-16(10-17(14)23)25-18(29)12-28-13-24-20-19(21(28)30)31-22(26-20)27(2)11-15-6-4-3-5-7-15/h3-10,13H,11-12H2,1-2H3,(H,25,29). The maximum atomic E-state index is 12.9. The fourth-order valence-corrected chi connectivity index (χ4v) is 4.17. The van der Waals surface area contributed by atoms with Gasteiger partial charge < -0.3 is 10.2 Å². The summed E-state index contributed by atoms with van der Waals surface area (Å²) in [4.78, 5) is 36.0. The van der Waals surface area contributed by atoms with Gasteiger partial charge in [-0.1, -0.05) is 59.3 Å². The van der Waals surface area contributed by atoms with E-state index in [-0.39, 0.29) is 18.0 Å². The molecular weight excluding hydrogens is 434 g/mol. The van der Waals surface area contributed by atoms with Crippen molar-refractivity contribution in [1.29, 1.82) is 0 Å². The Morgan fingerprint density at radius 2 is 2.00 bits per heavy atom. The molecular formula is C22H20ClN5O2S. The van der Waals surface area contributed by atoms with Crippen molar-refractivity contribution in [1.82, 2.24) is 14.5 Å². The van der Waals surface area contributed by atoms with Gasteiger partial charge in [-0.05, 0) is 30.2 Å². The molecule has 0 saturated heterocycles. The fraction of sp³-hybridized carbons (Fsp3) is 0.182. The highest BCUT2D eigenvalue weighted by atomic mass is 35.5. The maximum absolute atomic E-state index is 12.9. The van der Waals surface area contributed by atoms with Crippen LogP contribution < -0.4 is 15.8 Å². The predicted octanol–water partition coefficient (Wildman–Crippen LogP) is 4.09. The summed E-state index contributed by atoms with van der Waals surface area (Å²) in [7, 11) is 1.92. The molecule has 31 heavy (non-hydrogen) atoms. The van der Waals surface area contributed by atoms with Crippen molar-refractivity contribution in [2.75, 3.05) is 17.3 Å². The van der Waals surface area contributed by atoms with Gasteiger partial charge in [-0.2, -0.15) is 4.98 Å². The first-order valence-electron chi connectivity index (χ1n) is 9.58. The molecule has 0 saturated carbocycles. The third kappa shape index (κ3) is 4.76. The summed E-state index contributed by atoms with van der Waals surface area (Å²) in [6.07, 6.45) is 1.35. The van der Waals surface area contributed by atoms with Crippen molar-refractivity contribution in [3.63, 3.8) is 0 Å². The third-order valence-corrected chi connectivity index (χ3v) is 6.29. The van der Waals surface area contributed by atoms with E-state index in [1.54, 1.807) is 12.1 Å². The summed E-state index contributed by atoms with van der Waals surface area (Å²) in [5.41, 5.74) is 2.72. The number of benzene rings is 2. The van der Waals surface area contributed by atoms with E-state index in [0.29, 0.717) is 32.7 Å². The second-order valence-electron chi connectivity index (χ2n) is 7.18. The van der Waals surface area contributed by atoms with Crippen LogP contribution in [-0.2, 0) is 17.9 Å². The molecule has 4 aromatic rings. The molecule has 0 radical (unpaired) electrons. The number of thiazole rings is 1. The van der Waals surface area contributed by atoms with Crippen LogP contribution in [0.1, 0.15) is 11.1 Å². The van der Waals surface area contributed by atoms with Crippen LogP contribution in [0.25, 0.3) is 10.3 Å². The van der Waals surface area contributed by atoms with Gasteiger partial charge >= 0.3 is 0 Å². The van der Waals surface area contributed by atoms with Crippen LogP contribution in [0.4, 0.5) is 10.8 Å². The summed E-state index contributed by atoms with van der Waals surface area (Å²) in [6.45, 7) is 2.39. The number of nitrogens with one attached hydrogen (secondary N) is 1. The van der Waals surface area contributed by atoms with Gasteiger partial charge in [-0.15, -0.1) is 0 Å². The number of hydrogen-bond acceptors (Lipinski definition) is 6. The van der Waals surface area contributed by atoms with Gasteiger partial charge in [0.2, 0.25) is 5.91 Å². The summed E-state index contributed by atoms with van der Waals surface area (Å²) in [5, 5.41) is 4.01. The molecule has 0 spiro atoms. The van der Waals surface area contributed by atoms with Gasteiger partial charge in [0.1, 0.15) is 17.6 Å². The molecule has 9 heteroatoms. The third-order valence-electron chi connectivity index (χ3n) is 4.73. The zero-order valence-corrected chi connectivity index (χ0v) is 18.6. The van der Waals surface area contributed by atoms with E-state index in [9.17, 15) is 9.59 Å². The lowest BCUT2D eigenvalue weighted by Gasteiger charge is -2.15. The topological polar surface area (TPSA) is 80.1 Å². The second kappa shape index (κ2) is 8.87. The lowest BCUT2D eigenvalue weighted by molar-refractivity contribution is -0.116. The van der Waals surface area contributed by atoms with Gasteiger partial charge in [0.15, 0.2) is 10.8 Å². The first-order valence-corrected chi connectivity index (χ1v) is 10.8. The van der Waals surface area contributed by atoms with E-state index >= 15 is 0 Å². The highest BCUT2D eigenvalue weighted by molar-refractivity contribution is 7.22. The predicted molar refractivity (Wildman–Crippen MR) is 125 cm³/mol. The summed E-state index contributed by atoms with van der Waals surface area (Å²) < 4.78 is 1.70. The van der Waals surface area contributed by atoms with Crippen LogP contribution in [0.3, 0.4) is 0 Å². The Labute approximate surface area is 187 Å². The molecule has 0 aliphatic rings. The lowest BCUT2D eigenvalue weighted by atomic mass is 10.2. The number of carbonyl (C=O) groups is 1. The molecule has 1 N–H and O–H groups in total. The minimum atomic E-state index is -0.339. The average Bonchev–Trinajstić information content (AvgIpc) is 3.19. The zero-order valence-electron chi connectivity index (χ0n) is 17.0. The molecule has 0 bridgehead atoms. The second-order valence-corrected chi connectivity index (χ2v) is 8.57. The summed E-state index contributed by atoms with van der Waals surface area (Å²) in [5.74, 6) is -0.339. The minimum Gasteiger partial charge on any atom is -0.347 e. The van der Waals surface area contributed by atoms with Gasteiger partial charge in [0.25, 0.3) is 5.56 Å². The molecule has 7 nitrogen and oxygen atoms in total. The number of halogens is 1. The van der Waals surface area contributed by atoms with Crippen LogP contribution in [0.5, 0.6) is 0 Å². The van der Waals surface area contributed by atoms with E-state index in [2.05, 4.69) is 15.3 Å². The Bertz CT molecular complexity index is 1300. The molecule has 1 amide bonds. The van der Waals surface area contributed by atoms with Crippen molar-refractivity contribution < 1.29 is 4.79 Å². The Morgan fingerprint density at radius 1 is 1.23 bits per heavy atom. The van der Waals surface area contributed by atoms with Crippen LogP contribution in [0.2, 0.25) is 5.02 Å². The van der Waals surface area contributed by atoms with Crippen molar-refractivity contribution in [2.24, 2.45) is 0 Å². The number of amides is 1. The highest BCUT2D eigenvalue weighted by Crippen LogP contribution is 2.25. The molecule has 158 valence electrons. The number of fused-ring (bicyclic) bond motifs is 1.